The number of quaternary nitrogens is 1. The van der Waals surface area contributed by atoms with E-state index in [9.17, 15) is 19.0 Å². The number of ether oxygens (including phenoxy) is 1. The van der Waals surface area contributed by atoms with Gasteiger partial charge >= 0.3 is 5.97 Å². The molecule has 87 heavy (non-hydrogen) atoms. The monoisotopic (exact) mass is 1240 g/mol. The third-order valence-corrected chi connectivity index (χ3v) is 17.9. The number of hydrogen-bond donors (Lipinski definition) is 1. The van der Waals surface area contributed by atoms with Gasteiger partial charge in [0.05, 0.1) is 33.8 Å². The number of unbranched alkanes of at least 4 members (excludes halogenated alkanes) is 45. The van der Waals surface area contributed by atoms with Crippen molar-refractivity contribution in [3.05, 3.63) is 60.8 Å². The zero-order valence-corrected chi connectivity index (χ0v) is 59.4. The van der Waals surface area contributed by atoms with Gasteiger partial charge in [-0.2, -0.15) is 0 Å². The first-order chi connectivity index (χ1) is 42.4. The summed E-state index contributed by atoms with van der Waals surface area (Å²) in [4.78, 5) is 40.3. The van der Waals surface area contributed by atoms with E-state index >= 15 is 0 Å². The highest BCUT2D eigenvalue weighted by molar-refractivity contribution is 7.45. The van der Waals surface area contributed by atoms with Gasteiger partial charge in [-0.25, -0.2) is 0 Å². The highest BCUT2D eigenvalue weighted by Crippen LogP contribution is 2.38. The van der Waals surface area contributed by atoms with Crippen molar-refractivity contribution in [3.63, 3.8) is 0 Å². The highest BCUT2D eigenvalue weighted by Gasteiger charge is 2.27. The number of carbonyl (C=O) groups excluding carboxylic acids is 2. The van der Waals surface area contributed by atoms with Crippen LogP contribution in [0, 0.1) is 0 Å². The Kier molecular flexibility index (Phi) is 64.9. The number of nitrogens with one attached hydrogen (secondary N) is 1. The van der Waals surface area contributed by atoms with E-state index in [-0.39, 0.29) is 31.5 Å². The Morgan fingerprint density at radius 3 is 1.06 bits per heavy atom. The summed E-state index contributed by atoms with van der Waals surface area (Å²) < 4.78 is 30.5. The molecule has 0 aromatic rings. The van der Waals surface area contributed by atoms with Crippen LogP contribution in [0.5, 0.6) is 0 Å². The smallest absolute Gasteiger partial charge is 0.306 e. The first-order valence-corrected chi connectivity index (χ1v) is 39.1. The molecule has 10 heteroatoms. The van der Waals surface area contributed by atoms with E-state index in [2.05, 4.69) is 74.7 Å². The Bertz CT molecular complexity index is 1670. The first kappa shape index (κ1) is 84.7. The number of nitrogens with zero attached hydrogens (tertiary/aromatic N) is 1. The molecule has 1 amide bonds. The summed E-state index contributed by atoms with van der Waals surface area (Å²) in [6.45, 7) is 6.85. The fourth-order valence-electron chi connectivity index (χ4n) is 11.1. The summed E-state index contributed by atoms with van der Waals surface area (Å²) in [6.07, 6.45) is 86.3. The van der Waals surface area contributed by atoms with Crippen molar-refractivity contribution < 1.29 is 37.3 Å². The summed E-state index contributed by atoms with van der Waals surface area (Å²) in [5.41, 5.74) is 0. The van der Waals surface area contributed by atoms with Crippen molar-refractivity contribution in [2.45, 2.75) is 380 Å². The standard InChI is InChI=1S/C77H145N2O7P/c1-7-10-13-16-19-22-25-28-30-32-34-36-38-39-41-43-45-47-49-52-55-58-61-64-67-70-77(81)86-75(68-65-62-59-56-53-50-27-24-21-18-15-12-9-3)74(73-85-87(82,83)84-72-71-79(4,5)6)78-76(80)69-66-63-60-57-54-51-48-46-44-42-40-37-35-33-31-29-26-23-20-17-14-11-8-2/h19-20,22-23,28-31,65,68,74-75H,7-18,21,24-27,32-64,66-67,69-73H2,1-6H3,(H-,78,80,82,83)/b22-19-,23-20-,30-28-,31-29-,68-65+. The van der Waals surface area contributed by atoms with Gasteiger partial charge in [0, 0.05) is 12.8 Å². The summed E-state index contributed by atoms with van der Waals surface area (Å²) in [6, 6.07) is -0.890. The summed E-state index contributed by atoms with van der Waals surface area (Å²) in [5, 5.41) is 3.05. The van der Waals surface area contributed by atoms with Crippen molar-refractivity contribution in [2.75, 3.05) is 40.9 Å². The van der Waals surface area contributed by atoms with Crippen LogP contribution in [0.25, 0.3) is 0 Å². The van der Waals surface area contributed by atoms with Crippen LogP contribution in [0.1, 0.15) is 367 Å². The topological polar surface area (TPSA) is 114 Å². The second kappa shape index (κ2) is 66.6. The molecule has 0 fully saturated rings. The Morgan fingerprint density at radius 1 is 0.402 bits per heavy atom. The van der Waals surface area contributed by atoms with Gasteiger partial charge in [-0.1, -0.05) is 319 Å². The maximum absolute atomic E-state index is 13.6. The lowest BCUT2D eigenvalue weighted by Gasteiger charge is -2.30. The number of phosphoric acid groups is 1. The van der Waals surface area contributed by atoms with Crippen LogP contribution in [0.4, 0.5) is 0 Å². The molecule has 510 valence electrons. The van der Waals surface area contributed by atoms with Gasteiger partial charge in [-0.3, -0.25) is 14.2 Å². The molecular formula is C77H145N2O7P. The zero-order chi connectivity index (χ0) is 63.5. The van der Waals surface area contributed by atoms with Crippen LogP contribution < -0.4 is 10.2 Å². The van der Waals surface area contributed by atoms with E-state index in [0.717, 1.165) is 70.6 Å². The molecule has 0 bridgehead atoms. The van der Waals surface area contributed by atoms with Crippen LogP contribution in [-0.4, -0.2) is 69.4 Å². The lowest BCUT2D eigenvalue weighted by Crippen LogP contribution is -2.47. The Balaban J connectivity index is 5.02. The van der Waals surface area contributed by atoms with Gasteiger partial charge < -0.3 is 28.5 Å². The maximum atomic E-state index is 13.6. The predicted octanol–water partition coefficient (Wildman–Crippen LogP) is 23.5. The quantitative estimate of drug-likeness (QED) is 0.0212. The molecule has 1 N–H and O–H groups in total. The van der Waals surface area contributed by atoms with E-state index in [1.165, 1.54) is 263 Å². The third kappa shape index (κ3) is 67.9. The van der Waals surface area contributed by atoms with Gasteiger partial charge in [-0.15, -0.1) is 0 Å². The van der Waals surface area contributed by atoms with Crippen molar-refractivity contribution >= 4 is 19.7 Å². The average Bonchev–Trinajstić information content (AvgIpc) is 3.70. The van der Waals surface area contributed by atoms with Crippen molar-refractivity contribution in [1.29, 1.82) is 0 Å². The molecule has 0 spiro atoms. The van der Waals surface area contributed by atoms with Gasteiger partial charge in [0.2, 0.25) is 5.91 Å². The lowest BCUT2D eigenvalue weighted by atomic mass is 10.0. The largest absolute Gasteiger partial charge is 0.756 e. The maximum Gasteiger partial charge on any atom is 0.306 e. The van der Waals surface area contributed by atoms with E-state index in [1.54, 1.807) is 0 Å². The van der Waals surface area contributed by atoms with E-state index in [4.69, 9.17) is 13.8 Å². The fraction of sp³-hybridized carbons (Fsp3) is 0.844. The Hall–Kier alpha value is -2.29. The van der Waals surface area contributed by atoms with Gasteiger partial charge in [0.1, 0.15) is 19.3 Å². The number of allylic oxidation sites excluding steroid dienone is 9. The second-order valence-electron chi connectivity index (χ2n) is 26.8. The number of hydrogen-bond acceptors (Lipinski definition) is 7. The minimum Gasteiger partial charge on any atom is -0.756 e. The van der Waals surface area contributed by atoms with Gasteiger partial charge in [-0.05, 0) is 96.0 Å². The van der Waals surface area contributed by atoms with E-state index < -0.39 is 20.0 Å². The van der Waals surface area contributed by atoms with Crippen molar-refractivity contribution in [2.24, 2.45) is 0 Å². The molecule has 3 unspecified atom stereocenters. The summed E-state index contributed by atoms with van der Waals surface area (Å²) in [5.74, 6) is -0.525. The first-order valence-electron chi connectivity index (χ1n) is 37.6. The number of phosphoric ester groups is 1. The predicted molar refractivity (Wildman–Crippen MR) is 376 cm³/mol. The van der Waals surface area contributed by atoms with Crippen LogP contribution in [0.15, 0.2) is 60.8 Å². The lowest BCUT2D eigenvalue weighted by molar-refractivity contribution is -0.870. The fourth-order valence-corrected chi connectivity index (χ4v) is 11.8. The minimum atomic E-state index is -4.71. The van der Waals surface area contributed by atoms with Crippen LogP contribution in [-0.2, 0) is 27.9 Å². The van der Waals surface area contributed by atoms with Crippen LogP contribution in [0.3, 0.4) is 0 Å². The molecule has 0 aromatic heterocycles. The SMILES string of the molecule is CCCCC/C=C\C/C=C\CCCCCCCCCCCCCCCCCC(=O)OC(/C=C/CCCCCCCCCCCCC)C(COP(=O)([O-])OCC[N+](C)(C)C)NC(=O)CCCCCCCCCCCCCCC/C=C\C/C=C\CCCCC. The number of rotatable bonds is 69. The molecule has 0 saturated carbocycles. The number of likely N-dealkylation sites (N-methyl/N-ethyl adjacent to an activating group) is 1. The Labute approximate surface area is 541 Å². The molecule has 0 radical (unpaired) electrons. The third-order valence-electron chi connectivity index (χ3n) is 16.9. The number of carbonyl (C=O) groups is 2. The molecule has 0 heterocycles. The summed E-state index contributed by atoms with van der Waals surface area (Å²) in [7, 11) is 1.20. The van der Waals surface area contributed by atoms with E-state index in [0.29, 0.717) is 17.4 Å². The number of amides is 1. The molecule has 9 nitrogen and oxygen atoms in total. The highest BCUT2D eigenvalue weighted by atomic mass is 31.2. The molecule has 0 aliphatic carbocycles. The average molecular weight is 1240 g/mol. The minimum absolute atomic E-state index is 0.0215. The molecule has 0 saturated heterocycles. The molecule has 0 aliphatic rings. The zero-order valence-electron chi connectivity index (χ0n) is 58.5. The van der Waals surface area contributed by atoms with Crippen molar-refractivity contribution in [1.82, 2.24) is 5.32 Å². The molecule has 0 aliphatic heterocycles. The van der Waals surface area contributed by atoms with Crippen LogP contribution >= 0.6 is 7.82 Å². The molecule has 3 atom stereocenters. The normalized spacial score (nSPS) is 13.8. The number of esters is 1. The van der Waals surface area contributed by atoms with Gasteiger partial charge in [0.25, 0.3) is 7.82 Å². The molecule has 0 rings (SSSR count). The van der Waals surface area contributed by atoms with Gasteiger partial charge in [0.15, 0.2) is 0 Å². The molecular weight excluding hydrogens is 1100 g/mol. The second-order valence-corrected chi connectivity index (χ2v) is 28.2. The van der Waals surface area contributed by atoms with E-state index in [1.807, 2.05) is 33.3 Å². The molecule has 0 aromatic carbocycles. The Morgan fingerprint density at radius 2 is 0.701 bits per heavy atom. The summed E-state index contributed by atoms with van der Waals surface area (Å²) >= 11 is 0. The van der Waals surface area contributed by atoms with Crippen LogP contribution in [0.2, 0.25) is 0 Å². The van der Waals surface area contributed by atoms with Crippen molar-refractivity contribution in [3.8, 4) is 0 Å².